The molecule has 0 aromatic heterocycles. The third kappa shape index (κ3) is 3.85. The Morgan fingerprint density at radius 2 is 1.56 bits per heavy atom. The summed E-state index contributed by atoms with van der Waals surface area (Å²) in [6.07, 6.45) is 0. The highest BCUT2D eigenvalue weighted by Crippen LogP contribution is 2.45. The van der Waals surface area contributed by atoms with Crippen LogP contribution in [-0.2, 0) is 14.3 Å². The summed E-state index contributed by atoms with van der Waals surface area (Å²) in [5, 5.41) is 5.45. The van der Waals surface area contributed by atoms with E-state index in [9.17, 15) is 9.59 Å². The van der Waals surface area contributed by atoms with Gasteiger partial charge >= 0.3 is 5.97 Å². The Morgan fingerprint density at radius 1 is 0.971 bits per heavy atom. The van der Waals surface area contributed by atoms with Gasteiger partial charge < -0.3 is 9.47 Å². The summed E-state index contributed by atoms with van der Waals surface area (Å²) >= 11 is 0. The summed E-state index contributed by atoms with van der Waals surface area (Å²) in [5.41, 5.74) is -1.91. The number of rotatable bonds is 7. The Bertz CT molecular complexity index is 1240. The standard InChI is InChI=1S/C27H23FN2O4/c1-18(25(31)34-3)23(19-10-6-4-7-11-19)27(28)24(20-14-16-22(33-2)17-15-20)29-30(26(27)32)21-12-8-5-9-13-21/h4-17,23H,1H2,2-3H3. The Balaban J connectivity index is 1.94. The Labute approximate surface area is 196 Å². The molecule has 0 saturated heterocycles. The second-order valence-electron chi connectivity index (χ2n) is 7.70. The third-order valence-electron chi connectivity index (χ3n) is 5.74. The summed E-state index contributed by atoms with van der Waals surface area (Å²) in [5.74, 6) is -2.55. The number of para-hydroxylation sites is 1. The minimum Gasteiger partial charge on any atom is -0.497 e. The van der Waals surface area contributed by atoms with Crippen LogP contribution in [0.2, 0.25) is 0 Å². The van der Waals surface area contributed by atoms with E-state index in [1.165, 1.54) is 14.2 Å². The monoisotopic (exact) mass is 458 g/mol. The quantitative estimate of drug-likeness (QED) is 0.381. The first-order valence-electron chi connectivity index (χ1n) is 10.6. The van der Waals surface area contributed by atoms with Crippen LogP contribution in [0.1, 0.15) is 17.0 Å². The predicted molar refractivity (Wildman–Crippen MR) is 128 cm³/mol. The molecule has 34 heavy (non-hydrogen) atoms. The molecule has 1 heterocycles. The number of esters is 1. The lowest BCUT2D eigenvalue weighted by atomic mass is 9.74. The molecule has 7 heteroatoms. The molecule has 0 spiro atoms. The lowest BCUT2D eigenvalue weighted by molar-refractivity contribution is -0.137. The summed E-state index contributed by atoms with van der Waals surface area (Å²) < 4.78 is 27.5. The van der Waals surface area contributed by atoms with Crippen molar-refractivity contribution >= 4 is 23.3 Å². The molecular formula is C27H23FN2O4. The van der Waals surface area contributed by atoms with Gasteiger partial charge in [-0.2, -0.15) is 10.1 Å². The number of anilines is 1. The van der Waals surface area contributed by atoms with E-state index in [1.807, 2.05) is 0 Å². The van der Waals surface area contributed by atoms with Gasteiger partial charge in [0, 0.05) is 11.1 Å². The molecule has 2 atom stereocenters. The topological polar surface area (TPSA) is 68.2 Å². The van der Waals surface area contributed by atoms with Gasteiger partial charge in [-0.1, -0.05) is 55.1 Å². The number of carbonyl (C=O) groups excluding carboxylic acids is 2. The molecule has 2 unspecified atom stereocenters. The van der Waals surface area contributed by atoms with Gasteiger partial charge in [-0.15, -0.1) is 0 Å². The molecule has 0 fully saturated rings. The van der Waals surface area contributed by atoms with Crippen LogP contribution in [0.5, 0.6) is 5.75 Å². The van der Waals surface area contributed by atoms with E-state index in [0.29, 0.717) is 22.6 Å². The first-order chi connectivity index (χ1) is 16.4. The molecule has 1 aliphatic rings. The number of nitrogens with zero attached hydrogens (tertiary/aromatic N) is 2. The van der Waals surface area contributed by atoms with Gasteiger partial charge in [-0.05, 0) is 42.0 Å². The van der Waals surface area contributed by atoms with E-state index < -0.39 is 23.5 Å². The molecule has 0 aliphatic carbocycles. The maximum Gasteiger partial charge on any atom is 0.333 e. The fourth-order valence-corrected chi connectivity index (χ4v) is 4.06. The number of benzene rings is 3. The molecule has 0 radical (unpaired) electrons. The van der Waals surface area contributed by atoms with Gasteiger partial charge in [-0.25, -0.2) is 9.18 Å². The predicted octanol–water partition coefficient (Wildman–Crippen LogP) is 4.67. The fraction of sp³-hybridized carbons (Fsp3) is 0.148. The Hall–Kier alpha value is -4.26. The van der Waals surface area contributed by atoms with Gasteiger partial charge in [0.25, 0.3) is 5.91 Å². The van der Waals surface area contributed by atoms with Crippen molar-refractivity contribution < 1.29 is 23.5 Å². The van der Waals surface area contributed by atoms with E-state index in [2.05, 4.69) is 11.7 Å². The highest BCUT2D eigenvalue weighted by Gasteiger charge is 2.60. The number of alkyl halides is 1. The molecule has 1 aliphatic heterocycles. The van der Waals surface area contributed by atoms with Gasteiger partial charge in [0.15, 0.2) is 0 Å². The maximum atomic E-state index is 17.4. The summed E-state index contributed by atoms with van der Waals surface area (Å²) in [6, 6.07) is 23.6. The first kappa shape index (κ1) is 22.9. The average Bonchev–Trinajstić information content (AvgIpc) is 3.15. The molecule has 3 aromatic carbocycles. The van der Waals surface area contributed by atoms with Crippen LogP contribution in [0.25, 0.3) is 0 Å². The van der Waals surface area contributed by atoms with Gasteiger partial charge in [0.2, 0.25) is 5.67 Å². The molecule has 4 rings (SSSR count). The largest absolute Gasteiger partial charge is 0.497 e. The molecular weight excluding hydrogens is 435 g/mol. The lowest BCUT2D eigenvalue weighted by Gasteiger charge is -2.31. The normalized spacial score (nSPS) is 18.3. The number of ether oxygens (including phenoxy) is 2. The molecule has 0 bridgehead atoms. The Morgan fingerprint density at radius 3 is 2.12 bits per heavy atom. The molecule has 0 N–H and O–H groups in total. The van der Waals surface area contributed by atoms with E-state index >= 15 is 4.39 Å². The zero-order chi connectivity index (χ0) is 24.3. The maximum absolute atomic E-state index is 17.4. The number of amides is 1. The van der Waals surface area contributed by atoms with Crippen LogP contribution in [0.4, 0.5) is 10.1 Å². The van der Waals surface area contributed by atoms with Crippen LogP contribution in [-0.4, -0.2) is 37.5 Å². The van der Waals surface area contributed by atoms with Crippen molar-refractivity contribution in [3.8, 4) is 5.75 Å². The summed E-state index contributed by atoms with van der Waals surface area (Å²) in [7, 11) is 2.71. The fourth-order valence-electron chi connectivity index (χ4n) is 4.06. The number of hydrazone groups is 1. The number of methoxy groups -OCH3 is 2. The van der Waals surface area contributed by atoms with Crippen LogP contribution in [0, 0.1) is 0 Å². The smallest absolute Gasteiger partial charge is 0.333 e. The number of hydrogen-bond donors (Lipinski definition) is 0. The third-order valence-corrected chi connectivity index (χ3v) is 5.74. The Kier molecular flexibility index (Phi) is 6.27. The molecule has 172 valence electrons. The highest BCUT2D eigenvalue weighted by molar-refractivity contribution is 6.29. The zero-order valence-electron chi connectivity index (χ0n) is 18.8. The number of carbonyl (C=O) groups is 2. The van der Waals surface area contributed by atoms with E-state index in [0.717, 1.165) is 5.01 Å². The van der Waals surface area contributed by atoms with Crippen LogP contribution >= 0.6 is 0 Å². The van der Waals surface area contributed by atoms with Crippen molar-refractivity contribution in [2.75, 3.05) is 19.2 Å². The first-order valence-corrected chi connectivity index (χ1v) is 10.6. The second-order valence-corrected chi connectivity index (χ2v) is 7.70. The molecule has 0 saturated carbocycles. The van der Waals surface area contributed by atoms with Gasteiger partial charge in [0.1, 0.15) is 11.5 Å². The van der Waals surface area contributed by atoms with Gasteiger partial charge in [0.05, 0.1) is 25.8 Å². The minimum absolute atomic E-state index is 0.136. The summed E-state index contributed by atoms with van der Waals surface area (Å²) in [6.45, 7) is 3.82. The van der Waals surface area contributed by atoms with Crippen molar-refractivity contribution in [3.05, 3.63) is 108 Å². The summed E-state index contributed by atoms with van der Waals surface area (Å²) in [4.78, 5) is 26.3. The van der Waals surface area contributed by atoms with Crippen molar-refractivity contribution in [1.82, 2.24) is 0 Å². The van der Waals surface area contributed by atoms with Crippen LogP contribution < -0.4 is 9.75 Å². The van der Waals surface area contributed by atoms with Crippen molar-refractivity contribution in [1.29, 1.82) is 0 Å². The second kappa shape index (κ2) is 9.31. The van der Waals surface area contributed by atoms with Crippen LogP contribution in [0.15, 0.2) is 102 Å². The van der Waals surface area contributed by atoms with Crippen LogP contribution in [0.3, 0.4) is 0 Å². The van der Waals surface area contributed by atoms with E-state index in [1.54, 1.807) is 84.9 Å². The molecule has 1 amide bonds. The van der Waals surface area contributed by atoms with E-state index in [-0.39, 0.29) is 11.3 Å². The zero-order valence-corrected chi connectivity index (χ0v) is 18.8. The lowest BCUT2D eigenvalue weighted by Crippen LogP contribution is -2.49. The van der Waals surface area contributed by atoms with E-state index in [4.69, 9.17) is 9.47 Å². The molecule has 3 aromatic rings. The SMILES string of the molecule is C=C(C(=O)OC)C(c1ccccc1)C1(F)C(=O)N(c2ccccc2)N=C1c1ccc(OC)cc1. The molecule has 6 nitrogen and oxygen atoms in total. The van der Waals surface area contributed by atoms with Crippen molar-refractivity contribution in [2.24, 2.45) is 5.10 Å². The minimum atomic E-state index is -2.74. The van der Waals surface area contributed by atoms with Crippen molar-refractivity contribution in [3.63, 3.8) is 0 Å². The number of hydrogen-bond acceptors (Lipinski definition) is 5. The average molecular weight is 458 g/mol. The van der Waals surface area contributed by atoms with Gasteiger partial charge in [-0.3, -0.25) is 4.79 Å². The number of halogens is 1. The van der Waals surface area contributed by atoms with Crippen molar-refractivity contribution in [2.45, 2.75) is 11.6 Å². The highest BCUT2D eigenvalue weighted by atomic mass is 19.1.